The van der Waals surface area contributed by atoms with E-state index in [4.69, 9.17) is 9.39 Å². The lowest BCUT2D eigenvalue weighted by molar-refractivity contribution is -0.139. The molecule has 2 bridgehead atoms. The van der Waals surface area contributed by atoms with Gasteiger partial charge in [0.2, 0.25) is 0 Å². The molecule has 13 nitrogen and oxygen atoms in total. The molecule has 0 aliphatic carbocycles. The van der Waals surface area contributed by atoms with Crippen molar-refractivity contribution < 1.29 is 31.7 Å². The van der Waals surface area contributed by atoms with E-state index in [1.807, 2.05) is 16.9 Å². The fourth-order valence-corrected chi connectivity index (χ4v) is 4.40. The number of hydroxylamine groups is 3. The first kappa shape index (κ1) is 20.0. The molecule has 0 aromatic carbocycles. The summed E-state index contributed by atoms with van der Waals surface area (Å²) in [6.07, 6.45) is 5.09. The second-order valence-corrected chi connectivity index (χ2v) is 8.27. The van der Waals surface area contributed by atoms with Gasteiger partial charge in [-0.25, -0.2) is 10.3 Å². The average molecular weight is 430 g/mol. The third-order valence-electron chi connectivity index (χ3n) is 5.36. The lowest BCUT2D eigenvalue weighted by atomic mass is 10.0. The van der Waals surface area contributed by atoms with Crippen molar-refractivity contribution in [2.75, 3.05) is 19.7 Å². The number of hydrogen-bond acceptors (Lipinski definition) is 8. The Morgan fingerprint density at radius 1 is 1.38 bits per heavy atom. The van der Waals surface area contributed by atoms with Crippen LogP contribution in [0.5, 0.6) is 0 Å². The molecule has 4 heterocycles. The first-order valence-electron chi connectivity index (χ1n) is 9.23. The minimum absolute atomic E-state index is 0.0484. The maximum Gasteiger partial charge on any atom is 0.418 e. The summed E-state index contributed by atoms with van der Waals surface area (Å²) in [5.41, 5.74) is 2.37. The van der Waals surface area contributed by atoms with Gasteiger partial charge in [-0.1, -0.05) is 0 Å². The molecule has 14 heteroatoms. The summed E-state index contributed by atoms with van der Waals surface area (Å²) in [4.78, 5) is 31.3. The summed E-state index contributed by atoms with van der Waals surface area (Å²) in [6, 6.07) is -0.00304. The third kappa shape index (κ3) is 4.35. The van der Waals surface area contributed by atoms with Gasteiger partial charge in [0.1, 0.15) is 6.04 Å². The third-order valence-corrected chi connectivity index (χ3v) is 5.70. The summed E-state index contributed by atoms with van der Waals surface area (Å²) in [6.45, 7) is 1.13. The minimum atomic E-state index is -4.82. The maximum absolute atomic E-state index is 12.5. The highest BCUT2D eigenvalue weighted by atomic mass is 32.3. The second-order valence-electron chi connectivity index (χ2n) is 7.27. The van der Waals surface area contributed by atoms with Crippen molar-refractivity contribution in [2.24, 2.45) is 0 Å². The van der Waals surface area contributed by atoms with E-state index in [-0.39, 0.29) is 25.2 Å². The number of fused-ring (bicyclic) bond motifs is 2. The Balaban J connectivity index is 1.25. The molecule has 1 aromatic rings. The van der Waals surface area contributed by atoms with Crippen LogP contribution in [0.4, 0.5) is 4.79 Å². The summed E-state index contributed by atoms with van der Waals surface area (Å²) in [7, 11) is -4.82. The Hall–Kier alpha value is -2.26. The van der Waals surface area contributed by atoms with Gasteiger partial charge >= 0.3 is 16.4 Å². The molecule has 1 unspecified atom stereocenters. The van der Waals surface area contributed by atoms with Crippen LogP contribution in [0, 0.1) is 0 Å². The Morgan fingerprint density at radius 2 is 2.21 bits per heavy atom. The normalized spacial score (nSPS) is 29.5. The Kier molecular flexibility index (Phi) is 5.44. The van der Waals surface area contributed by atoms with Crippen molar-refractivity contribution in [3.05, 3.63) is 18.5 Å². The highest BCUT2D eigenvalue weighted by molar-refractivity contribution is 7.80. The lowest BCUT2D eigenvalue weighted by Crippen LogP contribution is -2.50. The number of carbonyl (C=O) groups excluding carboxylic acids is 2. The van der Waals surface area contributed by atoms with Crippen molar-refractivity contribution >= 4 is 22.3 Å². The van der Waals surface area contributed by atoms with Crippen LogP contribution in [0.25, 0.3) is 0 Å². The molecule has 3 aliphatic rings. The second kappa shape index (κ2) is 7.87. The summed E-state index contributed by atoms with van der Waals surface area (Å²) >= 11 is 0. The van der Waals surface area contributed by atoms with E-state index < -0.39 is 34.4 Å². The van der Waals surface area contributed by atoms with Crippen molar-refractivity contribution in [2.45, 2.75) is 43.4 Å². The van der Waals surface area contributed by atoms with Crippen molar-refractivity contribution in [1.29, 1.82) is 0 Å². The van der Waals surface area contributed by atoms with E-state index >= 15 is 0 Å². The Morgan fingerprint density at radius 3 is 2.93 bits per heavy atom. The van der Waals surface area contributed by atoms with E-state index in [1.165, 1.54) is 4.90 Å². The van der Waals surface area contributed by atoms with Gasteiger partial charge in [0.25, 0.3) is 5.91 Å². The Bertz CT molecular complexity index is 863. The average Bonchev–Trinajstić information content (AvgIpc) is 3.39. The van der Waals surface area contributed by atoms with Gasteiger partial charge in [-0.05, 0) is 25.3 Å². The summed E-state index contributed by atoms with van der Waals surface area (Å²) < 4.78 is 36.9. The van der Waals surface area contributed by atoms with Crippen LogP contribution in [-0.4, -0.2) is 82.5 Å². The first-order valence-corrected chi connectivity index (χ1v) is 10.6. The van der Waals surface area contributed by atoms with Gasteiger partial charge in [-0.3, -0.25) is 18.9 Å². The standard InChI is InChI=1S/C15H22N6O7S/c22-14(18-27-9-10-6-12(7-16-10)20-5-1-4-17-20)13-3-2-11-8-19(13)15(23)21(11)28-29(24,25)26/h1,4-5,10-13,16H,2-3,6-9H2,(H,18,22)(H,24,25,26)/t10-,11+,12?,13-/m0/s1. The van der Waals surface area contributed by atoms with Gasteiger partial charge < -0.3 is 10.2 Å². The highest BCUT2D eigenvalue weighted by Crippen LogP contribution is 2.30. The van der Waals surface area contributed by atoms with E-state index in [2.05, 4.69) is 20.2 Å². The van der Waals surface area contributed by atoms with E-state index in [1.54, 1.807) is 6.20 Å². The molecule has 0 saturated carbocycles. The monoisotopic (exact) mass is 430 g/mol. The van der Waals surface area contributed by atoms with Gasteiger partial charge in [0, 0.05) is 31.5 Å². The quantitative estimate of drug-likeness (QED) is 0.359. The van der Waals surface area contributed by atoms with Gasteiger partial charge in [0.15, 0.2) is 0 Å². The molecule has 3 amide bonds. The van der Waals surface area contributed by atoms with Crippen LogP contribution < -0.4 is 10.8 Å². The number of amides is 3. The summed E-state index contributed by atoms with van der Waals surface area (Å²) in [5, 5.41) is 8.12. The molecule has 160 valence electrons. The van der Waals surface area contributed by atoms with Gasteiger partial charge in [-0.15, -0.1) is 4.28 Å². The molecule has 3 saturated heterocycles. The molecular formula is C15H22N6O7S. The molecule has 29 heavy (non-hydrogen) atoms. The van der Waals surface area contributed by atoms with E-state index in [0.29, 0.717) is 17.9 Å². The zero-order valence-corrected chi connectivity index (χ0v) is 16.2. The predicted molar refractivity (Wildman–Crippen MR) is 95.2 cm³/mol. The van der Waals surface area contributed by atoms with Gasteiger partial charge in [0.05, 0.1) is 18.7 Å². The molecule has 3 fully saturated rings. The SMILES string of the molecule is O=C(NOC[C@@H]1CC(n2cccn2)CN1)[C@@H]1CC[C@@H]2CN1C(=O)N2OS(=O)(=O)O. The fourth-order valence-electron chi connectivity index (χ4n) is 4.01. The summed E-state index contributed by atoms with van der Waals surface area (Å²) in [5.74, 6) is -0.493. The van der Waals surface area contributed by atoms with E-state index in [0.717, 1.165) is 13.0 Å². The lowest BCUT2D eigenvalue weighted by Gasteiger charge is -2.29. The van der Waals surface area contributed by atoms with Crippen LogP contribution >= 0.6 is 0 Å². The predicted octanol–water partition coefficient (Wildman–Crippen LogP) is -1.16. The zero-order valence-electron chi connectivity index (χ0n) is 15.4. The molecule has 1 aromatic heterocycles. The number of hydrogen-bond donors (Lipinski definition) is 3. The van der Waals surface area contributed by atoms with Crippen molar-refractivity contribution in [3.8, 4) is 0 Å². The Labute approximate surface area is 166 Å². The molecule has 4 atom stereocenters. The van der Waals surface area contributed by atoms with Crippen LogP contribution in [0.2, 0.25) is 0 Å². The highest BCUT2D eigenvalue weighted by Gasteiger charge is 2.49. The zero-order chi connectivity index (χ0) is 20.6. The van der Waals surface area contributed by atoms with Crippen LogP contribution in [0.1, 0.15) is 25.3 Å². The molecule has 3 aliphatic heterocycles. The number of nitrogens with one attached hydrogen (secondary N) is 2. The minimum Gasteiger partial charge on any atom is -0.309 e. The molecule has 0 spiro atoms. The number of aromatic nitrogens is 2. The van der Waals surface area contributed by atoms with Crippen molar-refractivity contribution in [1.82, 2.24) is 30.5 Å². The number of urea groups is 1. The van der Waals surface area contributed by atoms with Crippen LogP contribution in [0.15, 0.2) is 18.5 Å². The smallest absolute Gasteiger partial charge is 0.309 e. The number of carbonyl (C=O) groups is 2. The van der Waals surface area contributed by atoms with Gasteiger partial charge in [-0.2, -0.15) is 18.6 Å². The van der Waals surface area contributed by atoms with E-state index in [9.17, 15) is 18.0 Å². The molecule has 0 radical (unpaired) electrons. The van der Waals surface area contributed by atoms with Crippen LogP contribution in [0.3, 0.4) is 0 Å². The van der Waals surface area contributed by atoms with Crippen LogP contribution in [-0.2, 0) is 24.3 Å². The number of nitrogens with zero attached hydrogens (tertiary/aromatic N) is 4. The maximum atomic E-state index is 12.5. The first-order chi connectivity index (χ1) is 13.8. The number of piperidine rings is 1. The topological polar surface area (TPSA) is 155 Å². The fraction of sp³-hybridized carbons (Fsp3) is 0.667. The molecule has 4 rings (SSSR count). The van der Waals surface area contributed by atoms with Crippen molar-refractivity contribution in [3.63, 3.8) is 0 Å². The molecular weight excluding hydrogens is 408 g/mol. The number of rotatable bonds is 7. The largest absolute Gasteiger partial charge is 0.418 e. The molecule has 3 N–H and O–H groups in total.